The molecule has 0 aliphatic rings. The molecule has 3 heteroatoms. The number of hydrogen-bond donors (Lipinski definition) is 0. The smallest absolute Gasteiger partial charge is 0.0973 e. The van der Waals surface area contributed by atoms with Crippen LogP contribution in [0.15, 0.2) is 212 Å². The van der Waals surface area contributed by atoms with Crippen molar-refractivity contribution in [1.82, 2.24) is 9.97 Å². The SMILES string of the molecule is c1ccc(-c2cccc(-c3cc4nc(-c5ccc(N(c6ccccc6)c6ccccc6)cc5)c(-c5ccccc5)nc4cc3-c3ccccc3)c2)cc1. The Morgan fingerprint density at radius 1 is 0.264 bits per heavy atom. The van der Waals surface area contributed by atoms with Crippen molar-refractivity contribution in [2.45, 2.75) is 0 Å². The third-order valence-electron chi connectivity index (χ3n) is 9.64. The first-order chi connectivity index (χ1) is 26.3. The molecular weight excluding hydrogens is 643 g/mol. The Kier molecular flexibility index (Phi) is 8.57. The molecule has 0 amide bonds. The van der Waals surface area contributed by atoms with Crippen LogP contribution in [0.2, 0.25) is 0 Å². The standard InChI is InChI=1S/C50H35N3/c1-6-17-36(18-7-1)40-23-16-24-41(33-40)46-35-48-47(34-45(46)37-19-8-2-9-20-37)51-49(38-21-10-3-11-22-38)50(52-48)39-29-31-44(32-30-39)53(42-25-12-4-13-26-42)43-27-14-5-15-28-43/h1-35H. The Labute approximate surface area is 310 Å². The molecule has 0 N–H and O–H groups in total. The van der Waals surface area contributed by atoms with Gasteiger partial charge in [-0.1, -0.05) is 158 Å². The van der Waals surface area contributed by atoms with Gasteiger partial charge in [0, 0.05) is 28.2 Å². The summed E-state index contributed by atoms with van der Waals surface area (Å²) in [5.41, 5.74) is 15.6. The van der Waals surface area contributed by atoms with Gasteiger partial charge in [0.25, 0.3) is 0 Å². The highest BCUT2D eigenvalue weighted by atomic mass is 15.1. The van der Waals surface area contributed by atoms with Gasteiger partial charge in [-0.15, -0.1) is 0 Å². The average Bonchev–Trinajstić information content (AvgIpc) is 3.25. The lowest BCUT2D eigenvalue weighted by Crippen LogP contribution is -2.09. The molecule has 0 bridgehead atoms. The molecule has 0 unspecified atom stereocenters. The van der Waals surface area contributed by atoms with Crippen LogP contribution in [0.4, 0.5) is 17.1 Å². The van der Waals surface area contributed by atoms with Crippen molar-refractivity contribution in [3.8, 4) is 55.9 Å². The lowest BCUT2D eigenvalue weighted by Gasteiger charge is -2.25. The van der Waals surface area contributed by atoms with E-state index in [1.807, 2.05) is 18.2 Å². The first-order valence-corrected chi connectivity index (χ1v) is 17.9. The van der Waals surface area contributed by atoms with Crippen LogP contribution >= 0.6 is 0 Å². The molecule has 53 heavy (non-hydrogen) atoms. The number of para-hydroxylation sites is 2. The fourth-order valence-electron chi connectivity index (χ4n) is 7.06. The van der Waals surface area contributed by atoms with Gasteiger partial charge in [-0.25, -0.2) is 9.97 Å². The molecule has 0 aliphatic heterocycles. The quantitative estimate of drug-likeness (QED) is 0.160. The largest absolute Gasteiger partial charge is 0.311 e. The van der Waals surface area contributed by atoms with E-state index in [2.05, 4.69) is 199 Å². The lowest BCUT2D eigenvalue weighted by molar-refractivity contribution is 1.27. The number of benzene rings is 8. The second-order valence-corrected chi connectivity index (χ2v) is 13.0. The average molecular weight is 678 g/mol. The van der Waals surface area contributed by atoms with E-state index >= 15 is 0 Å². The third kappa shape index (κ3) is 6.48. The molecule has 9 rings (SSSR count). The number of aromatic nitrogens is 2. The van der Waals surface area contributed by atoms with Crippen LogP contribution in [0.25, 0.3) is 66.9 Å². The molecule has 0 radical (unpaired) electrons. The van der Waals surface area contributed by atoms with E-state index in [1.165, 1.54) is 11.1 Å². The van der Waals surface area contributed by atoms with Gasteiger partial charge in [-0.05, 0) is 88.0 Å². The van der Waals surface area contributed by atoms with Gasteiger partial charge < -0.3 is 4.90 Å². The Morgan fingerprint density at radius 3 is 1.17 bits per heavy atom. The lowest BCUT2D eigenvalue weighted by atomic mass is 9.91. The molecule has 0 atom stereocenters. The molecule has 0 saturated heterocycles. The topological polar surface area (TPSA) is 29.0 Å². The summed E-state index contributed by atoms with van der Waals surface area (Å²) in [5.74, 6) is 0. The van der Waals surface area contributed by atoms with Crippen LogP contribution in [0.5, 0.6) is 0 Å². The van der Waals surface area contributed by atoms with Crippen LogP contribution in [-0.2, 0) is 0 Å². The predicted molar refractivity (Wildman–Crippen MR) is 221 cm³/mol. The van der Waals surface area contributed by atoms with E-state index in [4.69, 9.17) is 9.97 Å². The normalized spacial score (nSPS) is 11.0. The number of anilines is 3. The summed E-state index contributed by atoms with van der Waals surface area (Å²) < 4.78 is 0. The summed E-state index contributed by atoms with van der Waals surface area (Å²) in [5, 5.41) is 0. The summed E-state index contributed by atoms with van der Waals surface area (Å²) in [7, 11) is 0. The minimum atomic E-state index is 0.845. The minimum Gasteiger partial charge on any atom is -0.311 e. The van der Waals surface area contributed by atoms with Crippen LogP contribution in [0.3, 0.4) is 0 Å². The number of rotatable bonds is 8. The van der Waals surface area contributed by atoms with E-state index < -0.39 is 0 Å². The molecule has 8 aromatic carbocycles. The van der Waals surface area contributed by atoms with Crippen molar-refractivity contribution in [2.75, 3.05) is 4.90 Å². The number of fused-ring (bicyclic) bond motifs is 1. The van der Waals surface area contributed by atoms with Gasteiger partial charge >= 0.3 is 0 Å². The molecule has 1 heterocycles. The Balaban J connectivity index is 1.22. The maximum atomic E-state index is 5.44. The molecule has 0 fully saturated rings. The van der Waals surface area contributed by atoms with Crippen molar-refractivity contribution < 1.29 is 0 Å². The van der Waals surface area contributed by atoms with Crippen molar-refractivity contribution >= 4 is 28.1 Å². The second-order valence-electron chi connectivity index (χ2n) is 13.0. The van der Waals surface area contributed by atoms with Crippen molar-refractivity contribution in [3.05, 3.63) is 212 Å². The predicted octanol–water partition coefficient (Wildman–Crippen LogP) is 13.4. The molecular formula is C50H35N3. The zero-order chi connectivity index (χ0) is 35.4. The monoisotopic (exact) mass is 677 g/mol. The maximum Gasteiger partial charge on any atom is 0.0973 e. The Hall–Kier alpha value is -7.10. The van der Waals surface area contributed by atoms with Crippen LogP contribution in [0.1, 0.15) is 0 Å². The molecule has 0 saturated carbocycles. The summed E-state index contributed by atoms with van der Waals surface area (Å²) in [4.78, 5) is 13.1. The molecule has 3 nitrogen and oxygen atoms in total. The second kappa shape index (κ2) is 14.3. The minimum absolute atomic E-state index is 0.845. The molecule has 1 aromatic heterocycles. The van der Waals surface area contributed by atoms with Gasteiger partial charge in [-0.3, -0.25) is 0 Å². The highest BCUT2D eigenvalue weighted by Gasteiger charge is 2.18. The zero-order valence-corrected chi connectivity index (χ0v) is 29.0. The van der Waals surface area contributed by atoms with Crippen LogP contribution in [-0.4, -0.2) is 9.97 Å². The van der Waals surface area contributed by atoms with E-state index in [-0.39, 0.29) is 0 Å². The summed E-state index contributed by atoms with van der Waals surface area (Å²) in [6, 6.07) is 74.3. The Bertz CT molecular complexity index is 2580. The number of nitrogens with zero attached hydrogens (tertiary/aromatic N) is 3. The van der Waals surface area contributed by atoms with Gasteiger partial charge in [0.1, 0.15) is 0 Å². The molecule has 0 spiro atoms. The van der Waals surface area contributed by atoms with Crippen molar-refractivity contribution in [3.63, 3.8) is 0 Å². The molecule has 0 aliphatic carbocycles. The molecule has 9 aromatic rings. The number of hydrogen-bond acceptors (Lipinski definition) is 3. The van der Waals surface area contributed by atoms with E-state index in [0.29, 0.717) is 0 Å². The van der Waals surface area contributed by atoms with Gasteiger partial charge in [0.2, 0.25) is 0 Å². The third-order valence-corrected chi connectivity index (χ3v) is 9.64. The van der Waals surface area contributed by atoms with Gasteiger partial charge in [0.15, 0.2) is 0 Å². The van der Waals surface area contributed by atoms with Crippen LogP contribution < -0.4 is 4.90 Å². The zero-order valence-electron chi connectivity index (χ0n) is 29.0. The van der Waals surface area contributed by atoms with Gasteiger partial charge in [-0.2, -0.15) is 0 Å². The van der Waals surface area contributed by atoms with Gasteiger partial charge in [0.05, 0.1) is 22.4 Å². The first-order valence-electron chi connectivity index (χ1n) is 17.9. The highest BCUT2D eigenvalue weighted by Crippen LogP contribution is 2.40. The highest BCUT2D eigenvalue weighted by molar-refractivity contribution is 5.96. The molecule has 250 valence electrons. The van der Waals surface area contributed by atoms with E-state index in [1.54, 1.807) is 0 Å². The Morgan fingerprint density at radius 2 is 0.642 bits per heavy atom. The summed E-state index contributed by atoms with van der Waals surface area (Å²) >= 11 is 0. The fourth-order valence-corrected chi connectivity index (χ4v) is 7.06. The summed E-state index contributed by atoms with van der Waals surface area (Å²) in [6.07, 6.45) is 0. The summed E-state index contributed by atoms with van der Waals surface area (Å²) in [6.45, 7) is 0. The van der Waals surface area contributed by atoms with Crippen molar-refractivity contribution in [2.24, 2.45) is 0 Å². The van der Waals surface area contributed by atoms with E-state index in [9.17, 15) is 0 Å². The first kappa shape index (κ1) is 31.9. The van der Waals surface area contributed by atoms with E-state index in [0.717, 1.165) is 72.9 Å². The fraction of sp³-hybridized carbons (Fsp3) is 0. The van der Waals surface area contributed by atoms with Crippen molar-refractivity contribution in [1.29, 1.82) is 0 Å². The maximum absolute atomic E-state index is 5.44. The van der Waals surface area contributed by atoms with Crippen LogP contribution in [0, 0.1) is 0 Å².